The molecule has 1 aliphatic rings. The van der Waals surface area contributed by atoms with Crippen molar-refractivity contribution >= 4 is 15.7 Å². The second kappa shape index (κ2) is 6.77. The first-order valence-electron chi connectivity index (χ1n) is 7.53. The fraction of sp³-hybridized carbons (Fsp3) is 0.600. The molecule has 3 N–H and O–H groups in total. The molecule has 0 aliphatic heterocycles. The van der Waals surface area contributed by atoms with Crippen molar-refractivity contribution in [3.8, 4) is 0 Å². The van der Waals surface area contributed by atoms with Crippen LogP contribution in [0, 0.1) is 5.92 Å². The number of hydrogen-bond donors (Lipinski definition) is 2. The molecule has 0 heterocycles. The summed E-state index contributed by atoms with van der Waals surface area (Å²) in [7, 11) is -3.36. The minimum atomic E-state index is -3.36. The van der Waals surface area contributed by atoms with Gasteiger partial charge in [0.2, 0.25) is 10.0 Å². The fourth-order valence-corrected chi connectivity index (χ4v) is 3.50. The molecule has 1 aromatic rings. The third-order valence-corrected chi connectivity index (χ3v) is 5.26. The first-order valence-corrected chi connectivity index (χ1v) is 9.02. The van der Waals surface area contributed by atoms with E-state index in [-0.39, 0.29) is 6.04 Å². The molecule has 2 rings (SSSR count). The van der Waals surface area contributed by atoms with Crippen LogP contribution in [0.4, 0.5) is 5.69 Å². The highest BCUT2D eigenvalue weighted by Gasteiger charge is 2.27. The number of nitrogens with two attached hydrogens (primary N) is 1. The van der Waals surface area contributed by atoms with Crippen LogP contribution in [0.2, 0.25) is 0 Å². The van der Waals surface area contributed by atoms with Crippen LogP contribution in [0.3, 0.4) is 0 Å². The molecule has 21 heavy (non-hydrogen) atoms. The Bertz CT molecular complexity index is 553. The number of nitrogens with one attached hydrogen (secondary N) is 1. The Hall–Kier alpha value is -1.11. The second-order valence-corrected chi connectivity index (χ2v) is 7.48. The normalized spacial score (nSPS) is 16.7. The van der Waals surface area contributed by atoms with E-state index in [2.05, 4.69) is 23.5 Å². The molecular formula is C15H25N3O2S. The lowest BCUT2D eigenvalue weighted by Gasteiger charge is -2.26. The first-order chi connectivity index (χ1) is 9.96. The molecule has 1 saturated carbocycles. The smallest absolute Gasteiger partial charge is 0.240 e. The minimum Gasteiger partial charge on any atom is -0.371 e. The Balaban J connectivity index is 2.09. The molecule has 0 bridgehead atoms. The summed E-state index contributed by atoms with van der Waals surface area (Å²) >= 11 is 0. The predicted molar refractivity (Wildman–Crippen MR) is 85.9 cm³/mol. The zero-order chi connectivity index (χ0) is 15.5. The van der Waals surface area contributed by atoms with Crippen molar-refractivity contribution in [2.45, 2.75) is 37.6 Å². The first kappa shape index (κ1) is 16.3. The van der Waals surface area contributed by atoms with Crippen molar-refractivity contribution in [1.82, 2.24) is 4.72 Å². The number of sulfonamides is 1. The summed E-state index contributed by atoms with van der Waals surface area (Å²) in [6.07, 6.45) is 1.88. The zero-order valence-electron chi connectivity index (χ0n) is 12.7. The van der Waals surface area contributed by atoms with Gasteiger partial charge in [-0.25, -0.2) is 13.1 Å². The van der Waals surface area contributed by atoms with Gasteiger partial charge < -0.3 is 10.6 Å². The lowest BCUT2D eigenvalue weighted by atomic mass is 10.1. The average Bonchev–Trinajstić information content (AvgIpc) is 3.27. The molecule has 0 radical (unpaired) electrons. The van der Waals surface area contributed by atoms with Gasteiger partial charge in [0, 0.05) is 24.8 Å². The minimum absolute atomic E-state index is 0.132. The third-order valence-electron chi connectivity index (χ3n) is 3.73. The molecule has 0 saturated heterocycles. The predicted octanol–water partition coefficient (Wildman–Crippen LogP) is 1.55. The summed E-state index contributed by atoms with van der Waals surface area (Å²) in [5, 5.41) is 0. The Morgan fingerprint density at radius 1 is 1.33 bits per heavy atom. The third kappa shape index (κ3) is 4.43. The molecule has 1 unspecified atom stereocenters. The summed E-state index contributed by atoms with van der Waals surface area (Å²) in [5.74, 6) is 0.407. The van der Waals surface area contributed by atoms with Crippen molar-refractivity contribution < 1.29 is 8.42 Å². The standard InChI is InChI=1S/C15H25N3O2S/c1-3-18(11-12(2)10-16)14-6-8-15(9-7-14)21(19,20)17-13-4-5-13/h6-9,12-13,17H,3-5,10-11,16H2,1-2H3. The molecule has 0 amide bonds. The van der Waals surface area contributed by atoms with Crippen LogP contribution in [0.5, 0.6) is 0 Å². The summed E-state index contributed by atoms with van der Waals surface area (Å²) in [6, 6.07) is 7.22. The number of anilines is 1. The van der Waals surface area contributed by atoms with Crippen LogP contribution in [-0.2, 0) is 10.0 Å². The van der Waals surface area contributed by atoms with E-state index < -0.39 is 10.0 Å². The largest absolute Gasteiger partial charge is 0.371 e. The van der Waals surface area contributed by atoms with Crippen LogP contribution >= 0.6 is 0 Å². The quantitative estimate of drug-likeness (QED) is 0.764. The molecule has 1 atom stereocenters. The van der Waals surface area contributed by atoms with Gasteiger partial charge in [-0.3, -0.25) is 0 Å². The van der Waals surface area contributed by atoms with Crippen LogP contribution in [0.15, 0.2) is 29.2 Å². The van der Waals surface area contributed by atoms with Gasteiger partial charge in [-0.1, -0.05) is 6.92 Å². The van der Waals surface area contributed by atoms with Crippen molar-refractivity contribution in [3.05, 3.63) is 24.3 Å². The SMILES string of the molecule is CCN(CC(C)CN)c1ccc(S(=O)(=O)NC2CC2)cc1. The maximum Gasteiger partial charge on any atom is 0.240 e. The van der Waals surface area contributed by atoms with Gasteiger partial charge in [0.15, 0.2) is 0 Å². The number of benzene rings is 1. The van der Waals surface area contributed by atoms with E-state index in [9.17, 15) is 8.42 Å². The molecule has 1 fully saturated rings. The topological polar surface area (TPSA) is 75.4 Å². The highest BCUT2D eigenvalue weighted by Crippen LogP contribution is 2.23. The lowest BCUT2D eigenvalue weighted by molar-refractivity contribution is 0.575. The van der Waals surface area contributed by atoms with Gasteiger partial charge in [0.25, 0.3) is 0 Å². The maximum atomic E-state index is 12.1. The van der Waals surface area contributed by atoms with E-state index in [0.717, 1.165) is 31.6 Å². The van der Waals surface area contributed by atoms with Crippen molar-refractivity contribution in [3.63, 3.8) is 0 Å². The van der Waals surface area contributed by atoms with Crippen LogP contribution in [0.25, 0.3) is 0 Å². The second-order valence-electron chi connectivity index (χ2n) is 5.77. The van der Waals surface area contributed by atoms with Crippen LogP contribution in [-0.4, -0.2) is 34.1 Å². The van der Waals surface area contributed by atoms with E-state index in [0.29, 0.717) is 17.4 Å². The van der Waals surface area contributed by atoms with E-state index in [1.165, 1.54) is 0 Å². The summed E-state index contributed by atoms with van der Waals surface area (Å²) in [4.78, 5) is 2.54. The summed E-state index contributed by atoms with van der Waals surface area (Å²) < 4.78 is 26.9. The fourth-order valence-electron chi connectivity index (χ4n) is 2.19. The Labute approximate surface area is 127 Å². The van der Waals surface area contributed by atoms with Gasteiger partial charge in [0.1, 0.15) is 0 Å². The number of rotatable bonds is 8. The molecular weight excluding hydrogens is 286 g/mol. The monoisotopic (exact) mass is 311 g/mol. The molecule has 118 valence electrons. The zero-order valence-corrected chi connectivity index (χ0v) is 13.6. The number of hydrogen-bond acceptors (Lipinski definition) is 4. The molecule has 1 aliphatic carbocycles. The highest BCUT2D eigenvalue weighted by atomic mass is 32.2. The molecule has 0 spiro atoms. The molecule has 1 aromatic carbocycles. The Kier molecular flexibility index (Phi) is 5.24. The van der Waals surface area contributed by atoms with Gasteiger partial charge in [0.05, 0.1) is 4.90 Å². The summed E-state index contributed by atoms with van der Waals surface area (Å²) in [6.45, 7) is 6.59. The van der Waals surface area contributed by atoms with Gasteiger partial charge in [-0.05, 0) is 56.5 Å². The highest BCUT2D eigenvalue weighted by molar-refractivity contribution is 7.89. The van der Waals surface area contributed by atoms with E-state index in [4.69, 9.17) is 5.73 Å². The van der Waals surface area contributed by atoms with Gasteiger partial charge in [-0.2, -0.15) is 0 Å². The van der Waals surface area contributed by atoms with Gasteiger partial charge >= 0.3 is 0 Å². The number of nitrogens with zero attached hydrogens (tertiary/aromatic N) is 1. The van der Waals surface area contributed by atoms with Crippen molar-refractivity contribution in [2.75, 3.05) is 24.5 Å². The average molecular weight is 311 g/mol. The Morgan fingerprint density at radius 2 is 1.95 bits per heavy atom. The van der Waals surface area contributed by atoms with E-state index in [1.807, 2.05) is 12.1 Å². The van der Waals surface area contributed by atoms with Crippen molar-refractivity contribution in [2.24, 2.45) is 11.7 Å². The molecule has 5 nitrogen and oxygen atoms in total. The lowest BCUT2D eigenvalue weighted by Crippen LogP contribution is -2.31. The van der Waals surface area contributed by atoms with Crippen LogP contribution in [0.1, 0.15) is 26.7 Å². The maximum absolute atomic E-state index is 12.1. The van der Waals surface area contributed by atoms with Crippen LogP contribution < -0.4 is 15.4 Å². The Morgan fingerprint density at radius 3 is 2.43 bits per heavy atom. The molecule has 0 aromatic heterocycles. The molecule has 6 heteroatoms. The van der Waals surface area contributed by atoms with Gasteiger partial charge in [-0.15, -0.1) is 0 Å². The van der Waals surface area contributed by atoms with Crippen molar-refractivity contribution in [1.29, 1.82) is 0 Å². The summed E-state index contributed by atoms with van der Waals surface area (Å²) in [5.41, 5.74) is 6.70. The van der Waals surface area contributed by atoms with E-state index >= 15 is 0 Å². The van der Waals surface area contributed by atoms with E-state index in [1.54, 1.807) is 12.1 Å².